The van der Waals surface area contributed by atoms with Crippen LogP contribution >= 0.6 is 0 Å². The van der Waals surface area contributed by atoms with Gasteiger partial charge in [-0.05, 0) is 31.5 Å². The number of hydrogen-bond donors (Lipinski definition) is 1. The van der Waals surface area contributed by atoms with Crippen molar-refractivity contribution < 1.29 is 9.53 Å². The first-order chi connectivity index (χ1) is 9.70. The smallest absolute Gasteiger partial charge is 0.427 e. The van der Waals surface area contributed by atoms with Crippen molar-refractivity contribution in [3.05, 3.63) is 42.5 Å². The molecule has 1 heterocycles. The van der Waals surface area contributed by atoms with Gasteiger partial charge in [0.15, 0.2) is 0 Å². The van der Waals surface area contributed by atoms with E-state index in [4.69, 9.17) is 4.74 Å². The van der Waals surface area contributed by atoms with Gasteiger partial charge in [-0.2, -0.15) is 10.2 Å². The molecule has 0 saturated carbocycles. The molecule has 7 nitrogen and oxygen atoms in total. The van der Waals surface area contributed by atoms with Crippen LogP contribution in [-0.2, 0) is 4.74 Å². The summed E-state index contributed by atoms with van der Waals surface area (Å²) in [6, 6.07) is 7.58. The molecule has 0 fully saturated rings. The summed E-state index contributed by atoms with van der Waals surface area (Å²) in [6.45, 7) is 3.85. The summed E-state index contributed by atoms with van der Waals surface area (Å²) in [5, 5.41) is 8.01. The van der Waals surface area contributed by atoms with Crippen LogP contribution in [-0.4, -0.2) is 33.2 Å². The Morgan fingerprint density at radius 2 is 2.15 bits per heavy atom. The van der Waals surface area contributed by atoms with Crippen LogP contribution in [0.3, 0.4) is 0 Å². The van der Waals surface area contributed by atoms with E-state index >= 15 is 0 Å². The van der Waals surface area contributed by atoms with Crippen molar-refractivity contribution >= 4 is 11.8 Å². The highest BCUT2D eigenvalue weighted by Gasteiger charge is 2.02. The van der Waals surface area contributed by atoms with E-state index in [1.54, 1.807) is 24.9 Å². The summed E-state index contributed by atoms with van der Waals surface area (Å²) in [4.78, 5) is 15.0. The SMILES string of the molecule is CCOC(=O)N/N=C(\C)c1ccc(-n2cncn2)cc1. The standard InChI is InChI=1S/C13H15N5O2/c1-3-20-13(19)17-16-10(2)11-4-6-12(7-5-11)18-9-14-8-15-18/h4-9H,3H2,1-2H3,(H,17,19)/b16-10+. The molecule has 2 aromatic rings. The summed E-state index contributed by atoms with van der Waals surface area (Å²) >= 11 is 0. The average Bonchev–Trinajstić information content (AvgIpc) is 2.99. The first-order valence-electron chi connectivity index (χ1n) is 6.13. The van der Waals surface area contributed by atoms with Gasteiger partial charge in [0.05, 0.1) is 18.0 Å². The molecule has 0 spiro atoms. The van der Waals surface area contributed by atoms with E-state index in [-0.39, 0.29) is 0 Å². The Hall–Kier alpha value is -2.70. The van der Waals surface area contributed by atoms with Crippen LogP contribution in [0.15, 0.2) is 42.0 Å². The van der Waals surface area contributed by atoms with Crippen LogP contribution in [0.5, 0.6) is 0 Å². The Bertz CT molecular complexity index is 590. The van der Waals surface area contributed by atoms with E-state index in [2.05, 4.69) is 20.6 Å². The number of amides is 1. The van der Waals surface area contributed by atoms with Gasteiger partial charge in [-0.3, -0.25) is 0 Å². The fourth-order valence-electron chi connectivity index (χ4n) is 1.55. The molecule has 1 aromatic heterocycles. The van der Waals surface area contributed by atoms with Gasteiger partial charge in [-0.1, -0.05) is 12.1 Å². The topological polar surface area (TPSA) is 81.4 Å². The molecular formula is C13H15N5O2. The molecule has 1 amide bonds. The largest absolute Gasteiger partial charge is 0.449 e. The van der Waals surface area contributed by atoms with E-state index < -0.39 is 6.09 Å². The van der Waals surface area contributed by atoms with E-state index in [9.17, 15) is 4.79 Å². The Morgan fingerprint density at radius 3 is 2.75 bits per heavy atom. The molecule has 0 unspecified atom stereocenters. The maximum absolute atomic E-state index is 11.1. The summed E-state index contributed by atoms with van der Waals surface area (Å²) in [7, 11) is 0. The minimum Gasteiger partial charge on any atom is -0.449 e. The Morgan fingerprint density at radius 1 is 1.40 bits per heavy atom. The number of rotatable bonds is 4. The number of carbonyl (C=O) groups is 1. The predicted octanol–water partition coefficient (Wildman–Crippen LogP) is 1.74. The van der Waals surface area contributed by atoms with Crippen molar-refractivity contribution in [2.24, 2.45) is 5.10 Å². The lowest BCUT2D eigenvalue weighted by Crippen LogP contribution is -2.20. The first-order valence-corrected chi connectivity index (χ1v) is 6.13. The highest BCUT2D eigenvalue weighted by Crippen LogP contribution is 2.08. The van der Waals surface area contributed by atoms with Gasteiger partial charge in [0.1, 0.15) is 12.7 Å². The maximum Gasteiger partial charge on any atom is 0.427 e. The number of hydrogen-bond acceptors (Lipinski definition) is 5. The fourth-order valence-corrected chi connectivity index (χ4v) is 1.55. The lowest BCUT2D eigenvalue weighted by atomic mass is 10.1. The lowest BCUT2D eigenvalue weighted by Gasteiger charge is -2.04. The second kappa shape index (κ2) is 6.46. The monoisotopic (exact) mass is 273 g/mol. The molecule has 0 bridgehead atoms. The van der Waals surface area contributed by atoms with Gasteiger partial charge < -0.3 is 4.74 Å². The molecule has 20 heavy (non-hydrogen) atoms. The minimum absolute atomic E-state index is 0.313. The molecule has 0 saturated heterocycles. The molecular weight excluding hydrogens is 258 g/mol. The number of ether oxygens (including phenoxy) is 1. The Labute approximate surface area is 116 Å². The predicted molar refractivity (Wildman–Crippen MR) is 73.7 cm³/mol. The lowest BCUT2D eigenvalue weighted by molar-refractivity contribution is 0.152. The fraction of sp³-hybridized carbons (Fsp3) is 0.231. The van der Waals surface area contributed by atoms with Crippen molar-refractivity contribution in [3.63, 3.8) is 0 Å². The maximum atomic E-state index is 11.1. The van der Waals surface area contributed by atoms with E-state index in [0.29, 0.717) is 12.3 Å². The Balaban J connectivity index is 2.06. The van der Waals surface area contributed by atoms with Gasteiger partial charge in [-0.25, -0.2) is 19.9 Å². The molecule has 1 aromatic carbocycles. The van der Waals surface area contributed by atoms with Crippen molar-refractivity contribution in [1.82, 2.24) is 20.2 Å². The normalized spacial score (nSPS) is 11.2. The number of nitrogens with one attached hydrogen (secondary N) is 1. The quantitative estimate of drug-likeness (QED) is 0.679. The molecule has 0 aliphatic carbocycles. The first kappa shape index (κ1) is 13.7. The van der Waals surface area contributed by atoms with Gasteiger partial charge in [0.25, 0.3) is 0 Å². The zero-order valence-corrected chi connectivity index (χ0v) is 11.3. The third-order valence-corrected chi connectivity index (χ3v) is 2.56. The third kappa shape index (κ3) is 3.41. The van der Waals surface area contributed by atoms with Crippen molar-refractivity contribution in [1.29, 1.82) is 0 Å². The van der Waals surface area contributed by atoms with E-state index in [0.717, 1.165) is 11.3 Å². The molecule has 104 valence electrons. The molecule has 0 aliphatic heterocycles. The highest BCUT2D eigenvalue weighted by molar-refractivity contribution is 5.99. The van der Waals surface area contributed by atoms with Gasteiger partial charge in [0.2, 0.25) is 0 Å². The summed E-state index contributed by atoms with van der Waals surface area (Å²) < 4.78 is 6.38. The molecule has 2 rings (SSSR count). The van der Waals surface area contributed by atoms with Gasteiger partial charge >= 0.3 is 6.09 Å². The Kier molecular flexibility index (Phi) is 4.43. The highest BCUT2D eigenvalue weighted by atomic mass is 16.5. The van der Waals surface area contributed by atoms with E-state index in [1.165, 1.54) is 6.33 Å². The summed E-state index contributed by atoms with van der Waals surface area (Å²) in [5.74, 6) is 0. The van der Waals surface area contributed by atoms with Gasteiger partial charge in [0, 0.05) is 0 Å². The third-order valence-electron chi connectivity index (χ3n) is 2.56. The van der Waals surface area contributed by atoms with Crippen molar-refractivity contribution in [2.75, 3.05) is 6.61 Å². The molecule has 0 aliphatic rings. The number of nitrogens with zero attached hydrogens (tertiary/aromatic N) is 4. The van der Waals surface area contributed by atoms with Crippen LogP contribution in [0.2, 0.25) is 0 Å². The number of aromatic nitrogens is 3. The van der Waals surface area contributed by atoms with Gasteiger partial charge in [-0.15, -0.1) is 0 Å². The van der Waals surface area contributed by atoms with Crippen LogP contribution in [0.4, 0.5) is 4.79 Å². The zero-order chi connectivity index (χ0) is 14.4. The second-order valence-corrected chi connectivity index (χ2v) is 3.92. The number of carbonyl (C=O) groups excluding carboxylic acids is 1. The van der Waals surface area contributed by atoms with Crippen molar-refractivity contribution in [2.45, 2.75) is 13.8 Å². The molecule has 0 radical (unpaired) electrons. The summed E-state index contributed by atoms with van der Waals surface area (Å²) in [6.07, 6.45) is 2.54. The van der Waals surface area contributed by atoms with E-state index in [1.807, 2.05) is 24.3 Å². The number of benzene rings is 1. The molecule has 7 heteroatoms. The summed E-state index contributed by atoms with van der Waals surface area (Å²) in [5.41, 5.74) is 4.80. The average molecular weight is 273 g/mol. The minimum atomic E-state index is -0.564. The second-order valence-electron chi connectivity index (χ2n) is 3.92. The van der Waals surface area contributed by atoms with Crippen LogP contribution in [0.25, 0.3) is 5.69 Å². The number of hydrazone groups is 1. The van der Waals surface area contributed by atoms with Crippen molar-refractivity contribution in [3.8, 4) is 5.69 Å². The molecule has 0 atom stereocenters. The molecule has 1 N–H and O–H groups in total. The van der Waals surface area contributed by atoms with Crippen LogP contribution < -0.4 is 5.43 Å². The van der Waals surface area contributed by atoms with Crippen LogP contribution in [0.1, 0.15) is 19.4 Å². The van der Waals surface area contributed by atoms with Crippen LogP contribution in [0, 0.1) is 0 Å². The zero-order valence-electron chi connectivity index (χ0n) is 11.3.